The highest BCUT2D eigenvalue weighted by Gasteiger charge is 2.20. The lowest BCUT2D eigenvalue weighted by Gasteiger charge is -2.17. The molecule has 0 saturated carbocycles. The lowest BCUT2D eigenvalue weighted by atomic mass is 10.1. The van der Waals surface area contributed by atoms with E-state index < -0.39 is 11.5 Å². The first-order valence-electron chi connectivity index (χ1n) is 11.2. The lowest BCUT2D eigenvalue weighted by Crippen LogP contribution is -2.32. The average Bonchev–Trinajstić information content (AvgIpc) is 3.40. The van der Waals surface area contributed by atoms with Crippen molar-refractivity contribution in [2.75, 3.05) is 10.6 Å². The fraction of sp³-hybridized carbons (Fsp3) is 0.0714. The van der Waals surface area contributed by atoms with Crippen molar-refractivity contribution in [3.05, 3.63) is 119 Å². The smallest absolute Gasteiger partial charge is 0.263 e. The standard InChI is InChI=1S/C28H22N4O3/c33-26(19-9-3-1-4-10-19)31-24-14-7-15-25-22(24)17-23(27(34)30-20-11-5-2-6-12-20)28(35)32(25)18-21-13-8-16-29-21/h1-17,21H,18H2,(H,30,34)(H,31,33). The van der Waals surface area contributed by atoms with Gasteiger partial charge in [-0.25, -0.2) is 0 Å². The van der Waals surface area contributed by atoms with Crippen molar-refractivity contribution in [1.82, 2.24) is 4.57 Å². The number of carbonyl (C=O) groups excluding carboxylic acids is 2. The van der Waals surface area contributed by atoms with Gasteiger partial charge in [0.15, 0.2) is 0 Å². The predicted molar refractivity (Wildman–Crippen MR) is 138 cm³/mol. The van der Waals surface area contributed by atoms with E-state index >= 15 is 0 Å². The fourth-order valence-electron chi connectivity index (χ4n) is 4.04. The number of fused-ring (bicyclic) bond motifs is 1. The zero-order valence-electron chi connectivity index (χ0n) is 18.7. The largest absolute Gasteiger partial charge is 0.322 e. The number of benzene rings is 3. The Labute approximate surface area is 201 Å². The number of nitrogens with one attached hydrogen (secondary N) is 2. The summed E-state index contributed by atoms with van der Waals surface area (Å²) in [6.45, 7) is 0.269. The van der Waals surface area contributed by atoms with E-state index in [4.69, 9.17) is 0 Å². The molecule has 7 heteroatoms. The summed E-state index contributed by atoms with van der Waals surface area (Å²) >= 11 is 0. The van der Waals surface area contributed by atoms with Crippen LogP contribution < -0.4 is 16.2 Å². The highest BCUT2D eigenvalue weighted by atomic mass is 16.2. The van der Waals surface area contributed by atoms with Crippen molar-refractivity contribution >= 4 is 40.3 Å². The van der Waals surface area contributed by atoms with Crippen LogP contribution in [0.1, 0.15) is 20.7 Å². The van der Waals surface area contributed by atoms with Crippen LogP contribution in [0.15, 0.2) is 107 Å². The summed E-state index contributed by atoms with van der Waals surface area (Å²) < 4.78 is 1.55. The van der Waals surface area contributed by atoms with Gasteiger partial charge in [-0.05, 0) is 48.5 Å². The number of hydrogen-bond acceptors (Lipinski definition) is 4. The molecule has 0 spiro atoms. The van der Waals surface area contributed by atoms with E-state index in [2.05, 4.69) is 15.6 Å². The van der Waals surface area contributed by atoms with Gasteiger partial charge < -0.3 is 15.2 Å². The number of aromatic nitrogens is 1. The molecule has 7 nitrogen and oxygen atoms in total. The molecule has 0 saturated heterocycles. The third-order valence-electron chi connectivity index (χ3n) is 5.77. The highest BCUT2D eigenvalue weighted by molar-refractivity contribution is 6.11. The summed E-state index contributed by atoms with van der Waals surface area (Å²) in [5.41, 5.74) is 1.75. The van der Waals surface area contributed by atoms with Gasteiger partial charge in [-0.2, -0.15) is 0 Å². The van der Waals surface area contributed by atoms with E-state index in [1.165, 1.54) is 0 Å². The van der Waals surface area contributed by atoms with E-state index in [1.54, 1.807) is 83.6 Å². The first kappa shape index (κ1) is 22.0. The molecule has 1 atom stereocenters. The van der Waals surface area contributed by atoms with Crippen molar-refractivity contribution in [1.29, 1.82) is 0 Å². The molecule has 1 aromatic heterocycles. The van der Waals surface area contributed by atoms with Gasteiger partial charge in [0.1, 0.15) is 5.56 Å². The van der Waals surface area contributed by atoms with Crippen LogP contribution in [-0.4, -0.2) is 28.6 Å². The second-order valence-electron chi connectivity index (χ2n) is 8.10. The number of para-hydroxylation sites is 1. The van der Waals surface area contributed by atoms with Gasteiger partial charge >= 0.3 is 0 Å². The lowest BCUT2D eigenvalue weighted by molar-refractivity contribution is 0.101. The minimum Gasteiger partial charge on any atom is -0.322 e. The van der Waals surface area contributed by atoms with Crippen LogP contribution in [-0.2, 0) is 6.54 Å². The summed E-state index contributed by atoms with van der Waals surface area (Å²) in [5, 5.41) is 6.30. The van der Waals surface area contributed by atoms with Crippen molar-refractivity contribution in [3.8, 4) is 0 Å². The Hall–Kier alpha value is -4.78. The molecular formula is C28H22N4O3. The van der Waals surface area contributed by atoms with Crippen molar-refractivity contribution in [2.24, 2.45) is 4.99 Å². The summed E-state index contributed by atoms with van der Waals surface area (Å²) in [7, 11) is 0. The van der Waals surface area contributed by atoms with E-state index in [1.807, 2.05) is 24.3 Å². The first-order valence-corrected chi connectivity index (χ1v) is 11.2. The summed E-state index contributed by atoms with van der Waals surface area (Å²) in [4.78, 5) is 43.9. The minimum atomic E-state index is -0.522. The fourth-order valence-corrected chi connectivity index (χ4v) is 4.04. The van der Waals surface area contributed by atoms with Gasteiger partial charge in [-0.15, -0.1) is 0 Å². The Morgan fingerprint density at radius 3 is 2.31 bits per heavy atom. The maximum absolute atomic E-state index is 13.5. The molecule has 3 aromatic carbocycles. The average molecular weight is 463 g/mol. The van der Waals surface area contributed by atoms with Crippen molar-refractivity contribution in [3.63, 3.8) is 0 Å². The van der Waals surface area contributed by atoms with Crippen LogP contribution in [0.25, 0.3) is 10.9 Å². The number of aliphatic imine (C=N–C) groups is 1. The molecule has 172 valence electrons. The van der Waals surface area contributed by atoms with Crippen LogP contribution in [0.3, 0.4) is 0 Å². The molecule has 4 aromatic rings. The van der Waals surface area contributed by atoms with Gasteiger partial charge in [-0.1, -0.05) is 48.5 Å². The Morgan fingerprint density at radius 1 is 0.857 bits per heavy atom. The second kappa shape index (κ2) is 9.61. The molecule has 2 amide bonds. The van der Waals surface area contributed by atoms with Crippen molar-refractivity contribution in [2.45, 2.75) is 12.6 Å². The molecular weight excluding hydrogens is 440 g/mol. The molecule has 0 radical (unpaired) electrons. The number of amides is 2. The second-order valence-corrected chi connectivity index (χ2v) is 8.10. The number of carbonyl (C=O) groups is 2. The topological polar surface area (TPSA) is 92.6 Å². The molecule has 0 fully saturated rings. The first-order chi connectivity index (χ1) is 17.1. The number of hydrogen-bond donors (Lipinski definition) is 2. The van der Waals surface area contributed by atoms with Crippen LogP contribution in [0.5, 0.6) is 0 Å². The molecule has 1 aliphatic heterocycles. The van der Waals surface area contributed by atoms with E-state index in [0.717, 1.165) is 0 Å². The molecule has 0 aliphatic carbocycles. The maximum Gasteiger partial charge on any atom is 0.263 e. The molecule has 1 aliphatic rings. The molecule has 0 bridgehead atoms. The summed E-state index contributed by atoms with van der Waals surface area (Å²) in [6, 6.07) is 24.5. The third kappa shape index (κ3) is 4.65. The Kier molecular flexibility index (Phi) is 6.05. The van der Waals surface area contributed by atoms with Gasteiger partial charge in [0.05, 0.1) is 23.8 Å². The molecule has 2 heterocycles. The Balaban J connectivity index is 1.61. The van der Waals surface area contributed by atoms with E-state index in [-0.39, 0.29) is 24.1 Å². The Bertz CT molecular complexity index is 1510. The normalized spacial score (nSPS) is 14.2. The van der Waals surface area contributed by atoms with Gasteiger partial charge in [-0.3, -0.25) is 19.4 Å². The van der Waals surface area contributed by atoms with Crippen LogP contribution >= 0.6 is 0 Å². The van der Waals surface area contributed by atoms with Crippen LogP contribution in [0, 0.1) is 0 Å². The third-order valence-corrected chi connectivity index (χ3v) is 5.77. The zero-order valence-corrected chi connectivity index (χ0v) is 18.7. The zero-order chi connectivity index (χ0) is 24.2. The van der Waals surface area contributed by atoms with E-state index in [9.17, 15) is 14.4 Å². The predicted octanol–water partition coefficient (Wildman–Crippen LogP) is 4.52. The number of nitrogens with zero attached hydrogens (tertiary/aromatic N) is 2. The van der Waals surface area contributed by atoms with Crippen molar-refractivity contribution < 1.29 is 9.59 Å². The summed E-state index contributed by atoms with van der Waals surface area (Å²) in [6.07, 6.45) is 5.42. The molecule has 5 rings (SSSR count). The number of allylic oxidation sites excluding steroid dienone is 1. The van der Waals surface area contributed by atoms with Gasteiger partial charge in [0.25, 0.3) is 17.4 Å². The minimum absolute atomic E-state index is 0.0197. The highest BCUT2D eigenvalue weighted by Crippen LogP contribution is 2.25. The number of anilines is 2. The Morgan fingerprint density at radius 2 is 1.60 bits per heavy atom. The molecule has 35 heavy (non-hydrogen) atoms. The number of rotatable bonds is 6. The van der Waals surface area contributed by atoms with Gasteiger partial charge in [0.2, 0.25) is 0 Å². The number of pyridine rings is 1. The monoisotopic (exact) mass is 462 g/mol. The molecule has 1 unspecified atom stereocenters. The van der Waals surface area contributed by atoms with Crippen LogP contribution in [0.4, 0.5) is 11.4 Å². The SMILES string of the molecule is O=C(Nc1cccc2c1cc(C(=O)Nc1ccccc1)c(=O)n2CC1C=CC=N1)c1ccccc1. The van der Waals surface area contributed by atoms with E-state index in [0.29, 0.717) is 27.8 Å². The van der Waals surface area contributed by atoms with Crippen LogP contribution in [0.2, 0.25) is 0 Å². The molecule has 2 N–H and O–H groups in total. The van der Waals surface area contributed by atoms with Gasteiger partial charge in [0, 0.05) is 22.9 Å². The quantitative estimate of drug-likeness (QED) is 0.441. The maximum atomic E-state index is 13.5. The summed E-state index contributed by atoms with van der Waals surface area (Å²) in [5.74, 6) is -0.805.